The second-order valence-electron chi connectivity index (χ2n) is 16.4. The molecule has 0 aliphatic carbocycles. The van der Waals surface area contributed by atoms with E-state index in [1.165, 1.54) is 69.9 Å². The molecule has 0 spiro atoms. The quantitative estimate of drug-likeness (QED) is 0.159. The molecule has 64 heavy (non-hydrogen) atoms. The molecule has 0 saturated carbocycles. The molecule has 13 aromatic rings. The molecule has 300 valence electrons. The predicted octanol–water partition coefficient (Wildman–Crippen LogP) is 17.5. The summed E-state index contributed by atoms with van der Waals surface area (Å²) in [6, 6.07) is 83.1. The number of rotatable bonds is 7. The number of benzene rings is 10. The van der Waals surface area contributed by atoms with Crippen LogP contribution in [0.15, 0.2) is 235 Å². The van der Waals surface area contributed by atoms with Gasteiger partial charge in [0.05, 0.1) is 11.0 Å². The summed E-state index contributed by atoms with van der Waals surface area (Å²) in [6.45, 7) is 0. The maximum absolute atomic E-state index is 6.44. The van der Waals surface area contributed by atoms with Crippen molar-refractivity contribution < 1.29 is 4.42 Å². The van der Waals surface area contributed by atoms with Crippen molar-refractivity contribution in [2.75, 3.05) is 4.90 Å². The summed E-state index contributed by atoms with van der Waals surface area (Å²) >= 11 is 1.91. The van der Waals surface area contributed by atoms with Crippen molar-refractivity contribution in [1.82, 2.24) is 4.57 Å². The van der Waals surface area contributed by atoms with Crippen molar-refractivity contribution in [3.63, 3.8) is 0 Å². The van der Waals surface area contributed by atoms with Crippen molar-refractivity contribution in [3.05, 3.63) is 231 Å². The summed E-state index contributed by atoms with van der Waals surface area (Å²) < 4.78 is 11.5. The molecular formula is C60H38N2OS. The Morgan fingerprint density at radius 1 is 0.344 bits per heavy atom. The third-order valence-corrected chi connectivity index (χ3v) is 14.1. The number of aromatic nitrogens is 1. The normalized spacial score (nSPS) is 11.8. The smallest absolute Gasteiger partial charge is 0.143 e. The average Bonchev–Trinajstić information content (AvgIpc) is 4.05. The number of hydrogen-bond donors (Lipinski definition) is 0. The number of nitrogens with zero attached hydrogens (tertiary/aromatic N) is 2. The van der Waals surface area contributed by atoms with Gasteiger partial charge in [-0.25, -0.2) is 0 Å². The Hall–Kier alpha value is -8.18. The molecule has 0 saturated heterocycles. The number of para-hydroxylation sites is 4. The average molecular weight is 835 g/mol. The van der Waals surface area contributed by atoms with Gasteiger partial charge in [0.15, 0.2) is 0 Å². The summed E-state index contributed by atoms with van der Waals surface area (Å²) in [6.07, 6.45) is 0. The molecule has 4 heteroatoms. The summed E-state index contributed by atoms with van der Waals surface area (Å²) in [5.74, 6) is 0. The summed E-state index contributed by atoms with van der Waals surface area (Å²) in [5, 5.41) is 7.45. The third kappa shape index (κ3) is 5.81. The molecule has 0 aliphatic rings. The number of thiophene rings is 1. The highest BCUT2D eigenvalue weighted by Gasteiger charge is 2.20. The Kier molecular flexibility index (Phi) is 8.40. The zero-order valence-electron chi connectivity index (χ0n) is 34.7. The minimum absolute atomic E-state index is 0.906. The van der Waals surface area contributed by atoms with E-state index in [1.54, 1.807) is 0 Å². The lowest BCUT2D eigenvalue weighted by atomic mass is 10.0. The molecule has 13 rings (SSSR count). The van der Waals surface area contributed by atoms with Gasteiger partial charge in [-0.05, 0) is 94.5 Å². The molecule has 3 nitrogen and oxygen atoms in total. The van der Waals surface area contributed by atoms with Crippen molar-refractivity contribution in [1.29, 1.82) is 0 Å². The van der Waals surface area contributed by atoms with Gasteiger partial charge in [0.2, 0.25) is 0 Å². The van der Waals surface area contributed by atoms with Crippen LogP contribution in [0.3, 0.4) is 0 Å². The van der Waals surface area contributed by atoms with Crippen LogP contribution < -0.4 is 4.90 Å². The van der Waals surface area contributed by atoms with Crippen LogP contribution in [0, 0.1) is 0 Å². The van der Waals surface area contributed by atoms with E-state index in [-0.39, 0.29) is 0 Å². The van der Waals surface area contributed by atoms with Gasteiger partial charge in [-0.1, -0.05) is 164 Å². The highest BCUT2D eigenvalue weighted by atomic mass is 32.1. The lowest BCUT2D eigenvalue weighted by Gasteiger charge is -2.26. The SMILES string of the molecule is c1ccc(-c2ccc(N(c3ccc(-c4cccc5c4oc4ccccc45)cc3)c3ccc(-c4cccc5c4sc4c5ccc5c4c4ccccc4n5-c4ccccc4)cc3)cc2)cc1. The Morgan fingerprint density at radius 3 is 1.59 bits per heavy atom. The van der Waals surface area contributed by atoms with E-state index < -0.39 is 0 Å². The van der Waals surface area contributed by atoms with E-state index in [0.29, 0.717) is 0 Å². The number of hydrogen-bond acceptors (Lipinski definition) is 3. The maximum atomic E-state index is 6.44. The molecule has 3 aromatic heterocycles. The molecule has 0 N–H and O–H groups in total. The van der Waals surface area contributed by atoms with Gasteiger partial charge in [-0.2, -0.15) is 0 Å². The molecule has 10 aromatic carbocycles. The van der Waals surface area contributed by atoms with E-state index in [0.717, 1.165) is 50.1 Å². The van der Waals surface area contributed by atoms with Crippen LogP contribution in [-0.2, 0) is 0 Å². The van der Waals surface area contributed by atoms with Gasteiger partial charge in [-0.15, -0.1) is 11.3 Å². The van der Waals surface area contributed by atoms with Crippen molar-refractivity contribution in [2.45, 2.75) is 0 Å². The number of furan rings is 1. The number of fused-ring (bicyclic) bond motifs is 10. The molecule has 0 bridgehead atoms. The van der Waals surface area contributed by atoms with Crippen LogP contribution >= 0.6 is 11.3 Å². The minimum atomic E-state index is 0.906. The topological polar surface area (TPSA) is 21.3 Å². The van der Waals surface area contributed by atoms with E-state index in [1.807, 2.05) is 23.5 Å². The van der Waals surface area contributed by atoms with Crippen molar-refractivity contribution in [2.24, 2.45) is 0 Å². The van der Waals surface area contributed by atoms with Gasteiger partial charge in [-0.3, -0.25) is 0 Å². The molecule has 3 heterocycles. The van der Waals surface area contributed by atoms with Crippen LogP contribution in [-0.4, -0.2) is 4.57 Å². The van der Waals surface area contributed by atoms with Crippen molar-refractivity contribution in [3.8, 4) is 39.1 Å². The monoisotopic (exact) mass is 834 g/mol. The fourth-order valence-electron chi connectivity index (χ4n) is 9.83. The third-order valence-electron chi connectivity index (χ3n) is 12.8. The molecule has 0 radical (unpaired) electrons. The second kappa shape index (κ2) is 14.7. The molecule has 0 aliphatic heterocycles. The molecule has 0 amide bonds. The highest BCUT2D eigenvalue weighted by molar-refractivity contribution is 7.27. The van der Waals surface area contributed by atoms with Gasteiger partial charge < -0.3 is 13.9 Å². The summed E-state index contributed by atoms with van der Waals surface area (Å²) in [7, 11) is 0. The molecule has 0 unspecified atom stereocenters. The van der Waals surface area contributed by atoms with Crippen molar-refractivity contribution >= 4 is 92.3 Å². The zero-order valence-corrected chi connectivity index (χ0v) is 35.5. The van der Waals surface area contributed by atoms with E-state index in [4.69, 9.17) is 4.42 Å². The summed E-state index contributed by atoms with van der Waals surface area (Å²) in [4.78, 5) is 2.35. The van der Waals surface area contributed by atoms with Crippen LogP contribution in [0.25, 0.3) is 103 Å². The van der Waals surface area contributed by atoms with E-state index in [9.17, 15) is 0 Å². The van der Waals surface area contributed by atoms with Crippen LogP contribution in [0.1, 0.15) is 0 Å². The first-order valence-corrected chi connectivity index (χ1v) is 22.6. The first kappa shape index (κ1) is 36.5. The first-order chi connectivity index (χ1) is 31.7. The van der Waals surface area contributed by atoms with Gasteiger partial charge >= 0.3 is 0 Å². The highest BCUT2D eigenvalue weighted by Crippen LogP contribution is 2.47. The standard InChI is InChI=1S/C60H38N2OS/c1-3-13-39(14-4-1)40-25-31-44(32-26-40)61(45-33-27-41(28-34-45)47-19-11-21-50-49-17-8-10-24-56(49)63-58(47)50)46-35-29-42(30-36-46)48-20-12-22-51-52-37-38-55-57(60(52)64-59(48)51)53-18-7-9-23-54(53)62(55)43-15-5-2-6-16-43/h1-38H. The van der Waals surface area contributed by atoms with Crippen LogP contribution in [0.5, 0.6) is 0 Å². The van der Waals surface area contributed by atoms with Gasteiger partial charge in [0, 0.05) is 70.0 Å². The van der Waals surface area contributed by atoms with E-state index in [2.05, 4.69) is 228 Å². The number of anilines is 3. The lowest BCUT2D eigenvalue weighted by Crippen LogP contribution is -2.09. The van der Waals surface area contributed by atoms with Gasteiger partial charge in [0.1, 0.15) is 11.2 Å². The van der Waals surface area contributed by atoms with Crippen LogP contribution in [0.2, 0.25) is 0 Å². The molecule has 0 atom stereocenters. The Bertz CT molecular complexity index is 3860. The Balaban J connectivity index is 0.913. The zero-order chi connectivity index (χ0) is 42.1. The first-order valence-electron chi connectivity index (χ1n) is 21.7. The predicted molar refractivity (Wildman–Crippen MR) is 272 cm³/mol. The van der Waals surface area contributed by atoms with Gasteiger partial charge in [0.25, 0.3) is 0 Å². The molecule has 0 fully saturated rings. The second-order valence-corrected chi connectivity index (χ2v) is 17.5. The Morgan fingerprint density at radius 2 is 0.875 bits per heavy atom. The molecular weight excluding hydrogens is 797 g/mol. The lowest BCUT2D eigenvalue weighted by molar-refractivity contribution is 0.670. The largest absolute Gasteiger partial charge is 0.455 e. The van der Waals surface area contributed by atoms with E-state index >= 15 is 0 Å². The van der Waals surface area contributed by atoms with Crippen LogP contribution in [0.4, 0.5) is 17.1 Å². The fraction of sp³-hybridized carbons (Fsp3) is 0. The fourth-order valence-corrected chi connectivity index (χ4v) is 11.2. The maximum Gasteiger partial charge on any atom is 0.143 e. The summed E-state index contributed by atoms with van der Waals surface area (Å²) in [5.41, 5.74) is 15.7. The minimum Gasteiger partial charge on any atom is -0.455 e. The Labute approximate surface area is 373 Å².